The maximum Gasteiger partial charge on any atom is 0.311 e. The Morgan fingerprint density at radius 2 is 1.85 bits per heavy atom. The summed E-state index contributed by atoms with van der Waals surface area (Å²) in [6.07, 6.45) is 6.29. The molecule has 1 saturated carbocycles. The average molecular weight is 273 g/mol. The number of aliphatic carboxylic acids is 1. The van der Waals surface area contributed by atoms with Crippen LogP contribution >= 0.6 is 0 Å². The molecule has 0 atom stereocenters. The monoisotopic (exact) mass is 273 g/mol. The van der Waals surface area contributed by atoms with Crippen molar-refractivity contribution in [1.29, 1.82) is 0 Å². The number of benzene rings is 1. The fraction of sp³-hybridized carbons (Fsp3) is 0.375. The quantitative estimate of drug-likeness (QED) is 0.810. The van der Waals surface area contributed by atoms with Gasteiger partial charge in [-0.2, -0.15) is 0 Å². The summed E-state index contributed by atoms with van der Waals surface area (Å²) in [4.78, 5) is 23.1. The molecular formula is C16H19NO3. The number of carboxylic acid groups (broad SMARTS) is 1. The van der Waals surface area contributed by atoms with Crippen molar-refractivity contribution < 1.29 is 14.7 Å². The Morgan fingerprint density at radius 3 is 2.45 bits per heavy atom. The minimum atomic E-state index is -0.803. The molecule has 1 aromatic carbocycles. The van der Waals surface area contributed by atoms with Crippen LogP contribution in [0, 0.1) is 5.41 Å². The van der Waals surface area contributed by atoms with E-state index in [0.717, 1.165) is 18.4 Å². The van der Waals surface area contributed by atoms with Crippen molar-refractivity contribution in [3.8, 4) is 0 Å². The second kappa shape index (κ2) is 6.37. The maximum absolute atomic E-state index is 11.7. The molecular weight excluding hydrogens is 254 g/mol. The number of nitrogens with one attached hydrogen (secondary N) is 1. The third kappa shape index (κ3) is 3.47. The van der Waals surface area contributed by atoms with Gasteiger partial charge >= 0.3 is 5.97 Å². The zero-order valence-electron chi connectivity index (χ0n) is 11.3. The van der Waals surface area contributed by atoms with E-state index < -0.39 is 11.4 Å². The van der Waals surface area contributed by atoms with E-state index in [1.54, 1.807) is 6.08 Å². The van der Waals surface area contributed by atoms with Crippen molar-refractivity contribution in [2.24, 2.45) is 5.41 Å². The van der Waals surface area contributed by atoms with Gasteiger partial charge in [-0.25, -0.2) is 0 Å². The molecule has 1 aliphatic carbocycles. The highest BCUT2D eigenvalue weighted by Crippen LogP contribution is 2.37. The van der Waals surface area contributed by atoms with Crippen LogP contribution in [0.25, 0.3) is 6.08 Å². The van der Waals surface area contributed by atoms with Crippen molar-refractivity contribution in [2.75, 3.05) is 6.54 Å². The lowest BCUT2D eigenvalue weighted by atomic mass is 9.86. The second-order valence-electron chi connectivity index (χ2n) is 5.25. The lowest BCUT2D eigenvalue weighted by molar-refractivity contribution is -0.148. The molecule has 4 nitrogen and oxygen atoms in total. The van der Waals surface area contributed by atoms with Crippen molar-refractivity contribution in [1.82, 2.24) is 5.32 Å². The van der Waals surface area contributed by atoms with Gasteiger partial charge < -0.3 is 10.4 Å². The summed E-state index contributed by atoms with van der Waals surface area (Å²) < 4.78 is 0. The number of amides is 1. The minimum absolute atomic E-state index is 0.209. The van der Waals surface area contributed by atoms with Crippen LogP contribution in [-0.2, 0) is 9.59 Å². The summed E-state index contributed by atoms with van der Waals surface area (Å²) in [6, 6.07) is 9.51. The summed E-state index contributed by atoms with van der Waals surface area (Å²) in [5.74, 6) is -1.05. The van der Waals surface area contributed by atoms with E-state index in [9.17, 15) is 14.7 Å². The molecule has 106 valence electrons. The first-order valence-corrected chi connectivity index (χ1v) is 6.87. The highest BCUT2D eigenvalue weighted by molar-refractivity contribution is 5.92. The van der Waals surface area contributed by atoms with Crippen molar-refractivity contribution >= 4 is 18.0 Å². The van der Waals surface area contributed by atoms with E-state index in [-0.39, 0.29) is 12.5 Å². The molecule has 0 spiro atoms. The number of hydrogen-bond acceptors (Lipinski definition) is 2. The summed E-state index contributed by atoms with van der Waals surface area (Å²) in [6.45, 7) is 0.209. The largest absolute Gasteiger partial charge is 0.481 e. The Morgan fingerprint density at radius 1 is 1.20 bits per heavy atom. The fourth-order valence-electron chi connectivity index (χ4n) is 2.57. The molecule has 1 aliphatic rings. The van der Waals surface area contributed by atoms with Crippen LogP contribution in [0.5, 0.6) is 0 Å². The average Bonchev–Trinajstić information content (AvgIpc) is 2.94. The molecule has 0 aromatic heterocycles. The van der Waals surface area contributed by atoms with Gasteiger partial charge in [-0.1, -0.05) is 43.2 Å². The number of carboxylic acids is 1. The van der Waals surface area contributed by atoms with E-state index in [2.05, 4.69) is 5.32 Å². The molecule has 0 heterocycles. The van der Waals surface area contributed by atoms with Crippen LogP contribution in [0.1, 0.15) is 31.2 Å². The first-order chi connectivity index (χ1) is 9.62. The zero-order valence-corrected chi connectivity index (χ0v) is 11.3. The maximum atomic E-state index is 11.7. The van der Waals surface area contributed by atoms with E-state index in [1.165, 1.54) is 6.08 Å². The summed E-state index contributed by atoms with van der Waals surface area (Å²) >= 11 is 0. The van der Waals surface area contributed by atoms with Crippen LogP contribution in [0.4, 0.5) is 0 Å². The number of carbonyl (C=O) groups is 2. The van der Waals surface area contributed by atoms with E-state index in [4.69, 9.17) is 0 Å². The molecule has 1 amide bonds. The van der Waals surface area contributed by atoms with Gasteiger partial charge in [0, 0.05) is 12.6 Å². The molecule has 2 N–H and O–H groups in total. The molecule has 0 radical (unpaired) electrons. The Hall–Kier alpha value is -2.10. The smallest absolute Gasteiger partial charge is 0.311 e. The molecule has 0 unspecified atom stereocenters. The highest BCUT2D eigenvalue weighted by atomic mass is 16.4. The summed E-state index contributed by atoms with van der Waals surface area (Å²) in [7, 11) is 0. The van der Waals surface area contributed by atoms with Gasteiger partial charge in [0.25, 0.3) is 0 Å². The standard InChI is InChI=1S/C16H19NO3/c18-14(9-8-13-6-2-1-3-7-13)17-12-16(15(19)20)10-4-5-11-16/h1-3,6-9H,4-5,10-12H2,(H,17,18)(H,19,20)/b9-8+. The van der Waals surface area contributed by atoms with E-state index in [1.807, 2.05) is 30.3 Å². The van der Waals surface area contributed by atoms with Gasteiger partial charge in [-0.05, 0) is 24.5 Å². The molecule has 0 bridgehead atoms. The lowest BCUT2D eigenvalue weighted by Gasteiger charge is -2.23. The Bertz CT molecular complexity index is 502. The van der Waals surface area contributed by atoms with Crippen molar-refractivity contribution in [3.63, 3.8) is 0 Å². The number of carbonyl (C=O) groups excluding carboxylic acids is 1. The molecule has 1 fully saturated rings. The molecule has 20 heavy (non-hydrogen) atoms. The fourth-order valence-corrected chi connectivity index (χ4v) is 2.57. The second-order valence-corrected chi connectivity index (χ2v) is 5.25. The van der Waals surface area contributed by atoms with Crippen LogP contribution in [0.2, 0.25) is 0 Å². The van der Waals surface area contributed by atoms with Gasteiger partial charge in [0.1, 0.15) is 0 Å². The van der Waals surface area contributed by atoms with Gasteiger partial charge in [0.05, 0.1) is 5.41 Å². The molecule has 1 aromatic rings. The first kappa shape index (κ1) is 14.3. The SMILES string of the molecule is O=C(/C=C/c1ccccc1)NCC1(C(=O)O)CCCC1. The lowest BCUT2D eigenvalue weighted by Crippen LogP contribution is -2.40. The summed E-state index contributed by atoms with van der Waals surface area (Å²) in [5.41, 5.74) is 0.174. The van der Waals surface area contributed by atoms with Gasteiger partial charge in [0.15, 0.2) is 0 Å². The predicted octanol–water partition coefficient (Wildman–Crippen LogP) is 2.46. The van der Waals surface area contributed by atoms with Gasteiger partial charge in [-0.15, -0.1) is 0 Å². The van der Waals surface area contributed by atoms with Crippen LogP contribution in [0.15, 0.2) is 36.4 Å². The highest BCUT2D eigenvalue weighted by Gasteiger charge is 2.41. The Labute approximate surface area is 118 Å². The Kier molecular flexibility index (Phi) is 4.56. The van der Waals surface area contributed by atoms with Crippen molar-refractivity contribution in [2.45, 2.75) is 25.7 Å². The number of hydrogen-bond donors (Lipinski definition) is 2. The van der Waals surface area contributed by atoms with E-state index in [0.29, 0.717) is 12.8 Å². The zero-order chi connectivity index (χ0) is 14.4. The summed E-state index contributed by atoms with van der Waals surface area (Å²) in [5, 5.41) is 12.0. The third-order valence-corrected chi connectivity index (χ3v) is 3.84. The third-order valence-electron chi connectivity index (χ3n) is 3.84. The minimum Gasteiger partial charge on any atom is -0.481 e. The molecule has 0 saturated heterocycles. The van der Waals surface area contributed by atoms with E-state index >= 15 is 0 Å². The van der Waals surface area contributed by atoms with Crippen LogP contribution in [-0.4, -0.2) is 23.5 Å². The van der Waals surface area contributed by atoms with Gasteiger partial charge in [-0.3, -0.25) is 9.59 Å². The molecule has 2 rings (SSSR count). The molecule has 4 heteroatoms. The first-order valence-electron chi connectivity index (χ1n) is 6.87. The van der Waals surface area contributed by atoms with Crippen LogP contribution < -0.4 is 5.32 Å². The normalized spacial score (nSPS) is 17.2. The topological polar surface area (TPSA) is 66.4 Å². The number of rotatable bonds is 5. The predicted molar refractivity (Wildman–Crippen MR) is 77.0 cm³/mol. The van der Waals surface area contributed by atoms with Gasteiger partial charge in [0.2, 0.25) is 5.91 Å². The van der Waals surface area contributed by atoms with Crippen molar-refractivity contribution in [3.05, 3.63) is 42.0 Å². The Balaban J connectivity index is 1.89. The van der Waals surface area contributed by atoms with Crippen LogP contribution in [0.3, 0.4) is 0 Å². The molecule has 0 aliphatic heterocycles.